The van der Waals surface area contributed by atoms with Gasteiger partial charge in [-0.05, 0) is 23.7 Å². The zero-order chi connectivity index (χ0) is 15.5. The van der Waals surface area contributed by atoms with Gasteiger partial charge in [-0.2, -0.15) is 0 Å². The average Bonchev–Trinajstić information content (AvgIpc) is 2.47. The lowest BCUT2D eigenvalue weighted by molar-refractivity contribution is -0.114. The number of halogens is 3. The number of hydrogen-bond acceptors (Lipinski definition) is 5. The van der Waals surface area contributed by atoms with E-state index in [-0.39, 0.29) is 23.4 Å². The molecule has 0 unspecified atom stereocenters. The molecule has 110 valence electrons. The standard InChI is InChI=1S/C9H9ClN2O3.C2H2Cl2O/c1-15-9(14)7-3-2-6(5-11-7)12-8(13)4-10;3-1-2(4)5/h2-3,5H,4H2,1H3,(H,12,13);1H2. The van der Waals surface area contributed by atoms with E-state index in [1.54, 1.807) is 6.07 Å². The Hall–Kier alpha value is -1.37. The summed E-state index contributed by atoms with van der Waals surface area (Å²) in [6, 6.07) is 3.00. The van der Waals surface area contributed by atoms with Crippen LogP contribution >= 0.6 is 34.8 Å². The summed E-state index contributed by atoms with van der Waals surface area (Å²) >= 11 is 14.8. The van der Waals surface area contributed by atoms with Gasteiger partial charge in [0.05, 0.1) is 24.9 Å². The van der Waals surface area contributed by atoms with Crippen LogP contribution in [0.1, 0.15) is 10.5 Å². The molecule has 1 heterocycles. The Morgan fingerprint density at radius 3 is 2.20 bits per heavy atom. The number of carbonyl (C=O) groups is 3. The highest BCUT2D eigenvalue weighted by atomic mass is 35.5. The number of alkyl halides is 2. The van der Waals surface area contributed by atoms with Gasteiger partial charge in [0.1, 0.15) is 11.6 Å². The van der Waals surface area contributed by atoms with Crippen LogP contribution in [0.15, 0.2) is 18.3 Å². The first-order valence-corrected chi connectivity index (χ1v) is 6.53. The summed E-state index contributed by atoms with van der Waals surface area (Å²) in [5, 5.41) is 1.98. The Bertz CT molecular complexity index is 465. The minimum Gasteiger partial charge on any atom is -0.464 e. The van der Waals surface area contributed by atoms with Gasteiger partial charge in [0, 0.05) is 0 Å². The summed E-state index contributed by atoms with van der Waals surface area (Å²) in [6.07, 6.45) is 1.36. The fraction of sp³-hybridized carbons (Fsp3) is 0.273. The Morgan fingerprint density at radius 2 is 1.85 bits per heavy atom. The molecule has 1 aromatic heterocycles. The van der Waals surface area contributed by atoms with Crippen LogP contribution in [0.4, 0.5) is 5.69 Å². The van der Waals surface area contributed by atoms with Gasteiger partial charge in [-0.15, -0.1) is 23.2 Å². The van der Waals surface area contributed by atoms with Gasteiger partial charge < -0.3 is 10.1 Å². The van der Waals surface area contributed by atoms with Gasteiger partial charge in [0.15, 0.2) is 0 Å². The van der Waals surface area contributed by atoms with Gasteiger partial charge in [-0.1, -0.05) is 0 Å². The van der Waals surface area contributed by atoms with Gasteiger partial charge in [0.2, 0.25) is 11.1 Å². The van der Waals surface area contributed by atoms with E-state index in [1.165, 1.54) is 19.4 Å². The van der Waals surface area contributed by atoms with E-state index in [2.05, 4.69) is 15.0 Å². The number of nitrogens with zero attached hydrogens (tertiary/aromatic N) is 1. The van der Waals surface area contributed by atoms with Crippen molar-refractivity contribution in [2.75, 3.05) is 24.2 Å². The predicted octanol–water partition coefficient (Wildman–Crippen LogP) is 2.04. The van der Waals surface area contributed by atoms with E-state index in [4.69, 9.17) is 34.8 Å². The van der Waals surface area contributed by atoms with Gasteiger partial charge in [-0.25, -0.2) is 9.78 Å². The molecule has 20 heavy (non-hydrogen) atoms. The van der Waals surface area contributed by atoms with Crippen molar-refractivity contribution in [3.8, 4) is 0 Å². The summed E-state index contributed by atoms with van der Waals surface area (Å²) in [4.78, 5) is 35.2. The largest absolute Gasteiger partial charge is 0.464 e. The number of hydrogen-bond donors (Lipinski definition) is 1. The van der Waals surface area contributed by atoms with Crippen LogP contribution in [0.2, 0.25) is 0 Å². The van der Waals surface area contributed by atoms with E-state index < -0.39 is 11.2 Å². The van der Waals surface area contributed by atoms with E-state index >= 15 is 0 Å². The molecule has 0 fully saturated rings. The minimum absolute atomic E-state index is 0.0957. The molecule has 9 heteroatoms. The third-order valence-corrected chi connectivity index (χ3v) is 2.42. The molecule has 0 aromatic carbocycles. The molecular weight excluding hydrogens is 330 g/mol. The monoisotopic (exact) mass is 340 g/mol. The Labute approximate surface area is 130 Å². The summed E-state index contributed by atoms with van der Waals surface area (Å²) in [5.41, 5.74) is 0.662. The van der Waals surface area contributed by atoms with Crippen molar-refractivity contribution in [3.05, 3.63) is 24.0 Å². The number of carbonyl (C=O) groups excluding carboxylic acids is 3. The van der Waals surface area contributed by atoms with Crippen LogP contribution in [-0.4, -0.2) is 41.0 Å². The first-order chi connectivity index (χ1) is 9.44. The zero-order valence-electron chi connectivity index (χ0n) is 10.4. The molecule has 0 saturated carbocycles. The maximum Gasteiger partial charge on any atom is 0.356 e. The van der Waals surface area contributed by atoms with Crippen LogP contribution < -0.4 is 5.32 Å². The summed E-state index contributed by atoms with van der Waals surface area (Å²) in [7, 11) is 1.27. The Morgan fingerprint density at radius 1 is 1.25 bits per heavy atom. The zero-order valence-corrected chi connectivity index (χ0v) is 12.6. The third kappa shape index (κ3) is 7.93. The molecule has 1 N–H and O–H groups in total. The van der Waals surface area contributed by atoms with Crippen LogP contribution in [-0.2, 0) is 14.3 Å². The average molecular weight is 342 g/mol. The number of aromatic nitrogens is 1. The van der Waals surface area contributed by atoms with Crippen LogP contribution in [0.5, 0.6) is 0 Å². The Kier molecular flexibility index (Phi) is 9.71. The molecule has 6 nitrogen and oxygen atoms in total. The van der Waals surface area contributed by atoms with Crippen LogP contribution in [0.25, 0.3) is 0 Å². The van der Waals surface area contributed by atoms with Crippen molar-refractivity contribution in [3.63, 3.8) is 0 Å². The maximum absolute atomic E-state index is 11.0. The van der Waals surface area contributed by atoms with Crippen molar-refractivity contribution in [1.82, 2.24) is 4.98 Å². The lowest BCUT2D eigenvalue weighted by Gasteiger charge is -2.02. The second kappa shape index (κ2) is 10.4. The van der Waals surface area contributed by atoms with Crippen molar-refractivity contribution >= 4 is 57.6 Å². The van der Waals surface area contributed by atoms with Gasteiger partial charge in [0.25, 0.3) is 0 Å². The molecule has 0 atom stereocenters. The highest BCUT2D eigenvalue weighted by molar-refractivity contribution is 6.67. The van der Waals surface area contributed by atoms with Crippen molar-refractivity contribution in [2.24, 2.45) is 0 Å². The molecule has 1 rings (SSSR count). The summed E-state index contributed by atoms with van der Waals surface area (Å²) in [5.74, 6) is -1.07. The van der Waals surface area contributed by atoms with E-state index in [0.717, 1.165) is 0 Å². The highest BCUT2D eigenvalue weighted by Gasteiger charge is 2.06. The molecule has 1 aromatic rings. The second-order valence-electron chi connectivity index (χ2n) is 3.09. The smallest absolute Gasteiger partial charge is 0.356 e. The van der Waals surface area contributed by atoms with Gasteiger partial charge in [-0.3, -0.25) is 9.59 Å². The number of methoxy groups -OCH3 is 1. The molecule has 1 amide bonds. The SMILES string of the molecule is COC(=O)c1ccc(NC(=O)CCl)cn1.O=C(Cl)CCl. The summed E-state index contributed by atoms with van der Waals surface area (Å²) in [6.45, 7) is 0. The molecule has 0 bridgehead atoms. The fourth-order valence-corrected chi connectivity index (χ4v) is 0.954. The van der Waals surface area contributed by atoms with E-state index in [9.17, 15) is 14.4 Å². The predicted molar refractivity (Wildman–Crippen MR) is 76.5 cm³/mol. The molecule has 0 saturated heterocycles. The number of rotatable bonds is 4. The first kappa shape index (κ1) is 18.6. The number of amides is 1. The normalized spacial score (nSPS) is 9.00. The lowest BCUT2D eigenvalue weighted by atomic mass is 10.3. The lowest BCUT2D eigenvalue weighted by Crippen LogP contribution is -2.13. The Balaban J connectivity index is 0.000000621. The number of nitrogens with one attached hydrogen (secondary N) is 1. The highest BCUT2D eigenvalue weighted by Crippen LogP contribution is 2.06. The molecule has 0 aliphatic heterocycles. The van der Waals surface area contributed by atoms with E-state index in [0.29, 0.717) is 5.69 Å². The van der Waals surface area contributed by atoms with Crippen LogP contribution in [0, 0.1) is 0 Å². The number of ether oxygens (including phenoxy) is 1. The topological polar surface area (TPSA) is 85.4 Å². The molecule has 0 aliphatic rings. The molecule has 0 radical (unpaired) electrons. The number of anilines is 1. The first-order valence-electron chi connectivity index (χ1n) is 5.09. The van der Waals surface area contributed by atoms with Crippen molar-refractivity contribution in [1.29, 1.82) is 0 Å². The maximum atomic E-state index is 11.0. The third-order valence-electron chi connectivity index (χ3n) is 1.67. The molecule has 0 spiro atoms. The van der Waals surface area contributed by atoms with Gasteiger partial charge >= 0.3 is 5.97 Å². The molecular formula is C11H11Cl3N2O4. The number of pyridine rings is 1. The van der Waals surface area contributed by atoms with Crippen molar-refractivity contribution in [2.45, 2.75) is 0 Å². The van der Waals surface area contributed by atoms with E-state index in [1.807, 2.05) is 0 Å². The minimum atomic E-state index is -0.523. The number of esters is 1. The van der Waals surface area contributed by atoms with Crippen molar-refractivity contribution < 1.29 is 19.1 Å². The van der Waals surface area contributed by atoms with Crippen LogP contribution in [0.3, 0.4) is 0 Å². The quantitative estimate of drug-likeness (QED) is 0.514. The second-order valence-corrected chi connectivity index (χ2v) is 4.05. The summed E-state index contributed by atoms with van der Waals surface area (Å²) < 4.78 is 4.47. The molecule has 0 aliphatic carbocycles. The fourth-order valence-electron chi connectivity index (χ4n) is 0.888.